The van der Waals surface area contributed by atoms with Crippen LogP contribution in [0.1, 0.15) is 34.6 Å². The minimum atomic E-state index is -0.569. The highest BCUT2D eigenvalue weighted by Gasteiger charge is 2.30. The summed E-state index contributed by atoms with van der Waals surface area (Å²) in [6, 6.07) is -0.569. The number of carbonyl (C=O) groups is 3. The van der Waals surface area contributed by atoms with Crippen LogP contribution in [-0.2, 0) is 14.3 Å². The molecule has 126 valence electrons. The van der Waals surface area contributed by atoms with Crippen molar-refractivity contribution in [2.45, 2.75) is 40.7 Å². The highest BCUT2D eigenvalue weighted by molar-refractivity contribution is 5.89. The van der Waals surface area contributed by atoms with E-state index in [-0.39, 0.29) is 17.9 Å². The summed E-state index contributed by atoms with van der Waals surface area (Å²) in [7, 11) is 0. The summed E-state index contributed by atoms with van der Waals surface area (Å²) in [5.41, 5.74) is -0.531. The van der Waals surface area contributed by atoms with E-state index in [1.807, 2.05) is 0 Å². The molecule has 1 aliphatic rings. The number of hydrogen-bond donors (Lipinski definition) is 1. The second-order valence-electron chi connectivity index (χ2n) is 6.46. The van der Waals surface area contributed by atoms with Crippen molar-refractivity contribution in [1.82, 2.24) is 15.1 Å². The van der Waals surface area contributed by atoms with E-state index < -0.39 is 11.5 Å². The Kier molecular flexibility index (Phi) is 6.20. The summed E-state index contributed by atoms with van der Waals surface area (Å²) in [5.74, 6) is -0.278. The molecule has 0 spiro atoms. The van der Waals surface area contributed by atoms with E-state index in [4.69, 9.17) is 4.74 Å². The quantitative estimate of drug-likeness (QED) is 0.837. The van der Waals surface area contributed by atoms with Crippen molar-refractivity contribution in [3.05, 3.63) is 0 Å². The van der Waals surface area contributed by atoms with Crippen LogP contribution in [0.4, 0.5) is 4.79 Å². The van der Waals surface area contributed by atoms with Crippen molar-refractivity contribution in [3.63, 3.8) is 0 Å². The van der Waals surface area contributed by atoms with Gasteiger partial charge in [0.1, 0.15) is 6.04 Å². The summed E-state index contributed by atoms with van der Waals surface area (Å²) >= 11 is 0. The SMILES string of the molecule is CCOC(=O)N1CCN(C(=O)[C@@H](C)NC(=O)C(C)(C)C)CC1. The number of carbonyl (C=O) groups excluding carboxylic acids is 3. The third-order valence-corrected chi connectivity index (χ3v) is 3.52. The van der Waals surface area contributed by atoms with Crippen LogP contribution in [0.2, 0.25) is 0 Å². The Morgan fingerprint density at radius 2 is 1.59 bits per heavy atom. The van der Waals surface area contributed by atoms with E-state index in [0.29, 0.717) is 32.8 Å². The Bertz CT molecular complexity index is 423. The zero-order valence-electron chi connectivity index (χ0n) is 14.1. The average Bonchev–Trinajstić information content (AvgIpc) is 2.45. The highest BCUT2D eigenvalue weighted by atomic mass is 16.6. The molecule has 0 aliphatic carbocycles. The Morgan fingerprint density at radius 1 is 1.09 bits per heavy atom. The molecule has 0 radical (unpaired) electrons. The van der Waals surface area contributed by atoms with Gasteiger partial charge in [0.2, 0.25) is 11.8 Å². The Labute approximate surface area is 132 Å². The van der Waals surface area contributed by atoms with Crippen LogP contribution < -0.4 is 5.32 Å². The Morgan fingerprint density at radius 3 is 2.05 bits per heavy atom. The number of ether oxygens (including phenoxy) is 1. The second kappa shape index (κ2) is 7.47. The fourth-order valence-electron chi connectivity index (χ4n) is 2.07. The molecule has 0 aromatic carbocycles. The standard InChI is InChI=1S/C15H27N3O4/c1-6-22-14(21)18-9-7-17(8-10-18)12(19)11(2)16-13(20)15(3,4)5/h11H,6-10H2,1-5H3,(H,16,20)/t11-/m1/s1. The Balaban J connectivity index is 2.48. The average molecular weight is 313 g/mol. The highest BCUT2D eigenvalue weighted by Crippen LogP contribution is 2.13. The number of piperazine rings is 1. The van der Waals surface area contributed by atoms with Crippen LogP contribution >= 0.6 is 0 Å². The molecule has 1 heterocycles. The Hall–Kier alpha value is -1.79. The molecule has 0 bridgehead atoms. The third kappa shape index (κ3) is 4.89. The van der Waals surface area contributed by atoms with E-state index in [1.54, 1.807) is 44.4 Å². The smallest absolute Gasteiger partial charge is 0.409 e. The number of hydrogen-bond acceptors (Lipinski definition) is 4. The molecule has 0 saturated carbocycles. The lowest BCUT2D eigenvalue weighted by molar-refractivity contribution is -0.139. The van der Waals surface area contributed by atoms with E-state index >= 15 is 0 Å². The number of nitrogens with zero attached hydrogens (tertiary/aromatic N) is 2. The lowest BCUT2D eigenvalue weighted by atomic mass is 9.95. The summed E-state index contributed by atoms with van der Waals surface area (Å²) in [6.45, 7) is 11.0. The van der Waals surface area contributed by atoms with Crippen molar-refractivity contribution < 1.29 is 19.1 Å². The largest absolute Gasteiger partial charge is 0.450 e. The van der Waals surface area contributed by atoms with Crippen molar-refractivity contribution in [3.8, 4) is 0 Å². The molecule has 1 rings (SSSR count). The third-order valence-electron chi connectivity index (χ3n) is 3.52. The van der Waals surface area contributed by atoms with Crippen LogP contribution in [0.3, 0.4) is 0 Å². The van der Waals surface area contributed by atoms with Crippen LogP contribution in [0.5, 0.6) is 0 Å². The molecule has 1 fully saturated rings. The minimum Gasteiger partial charge on any atom is -0.450 e. The van der Waals surface area contributed by atoms with Gasteiger partial charge in [0.25, 0.3) is 0 Å². The fourth-order valence-corrected chi connectivity index (χ4v) is 2.07. The maximum Gasteiger partial charge on any atom is 0.409 e. The maximum absolute atomic E-state index is 12.3. The second-order valence-corrected chi connectivity index (χ2v) is 6.46. The first-order chi connectivity index (χ1) is 10.2. The van der Waals surface area contributed by atoms with Gasteiger partial charge in [0.05, 0.1) is 6.61 Å². The molecule has 0 aromatic heterocycles. The first-order valence-corrected chi connectivity index (χ1v) is 7.68. The summed E-state index contributed by atoms with van der Waals surface area (Å²) in [4.78, 5) is 39.1. The molecule has 0 aromatic rings. The van der Waals surface area contributed by atoms with Gasteiger partial charge in [0.15, 0.2) is 0 Å². The van der Waals surface area contributed by atoms with Gasteiger partial charge in [-0.15, -0.1) is 0 Å². The summed E-state index contributed by atoms with van der Waals surface area (Å²) in [5, 5.41) is 2.74. The molecule has 1 aliphatic heterocycles. The molecule has 7 nitrogen and oxygen atoms in total. The molecule has 1 N–H and O–H groups in total. The molecule has 22 heavy (non-hydrogen) atoms. The summed E-state index contributed by atoms with van der Waals surface area (Å²) in [6.07, 6.45) is -0.344. The maximum atomic E-state index is 12.3. The van der Waals surface area contributed by atoms with Crippen molar-refractivity contribution in [1.29, 1.82) is 0 Å². The minimum absolute atomic E-state index is 0.124. The topological polar surface area (TPSA) is 79.0 Å². The molecule has 7 heteroatoms. The molecule has 0 unspecified atom stereocenters. The fraction of sp³-hybridized carbons (Fsp3) is 0.800. The van der Waals surface area contributed by atoms with Gasteiger partial charge in [-0.05, 0) is 13.8 Å². The number of nitrogens with one attached hydrogen (secondary N) is 1. The molecular formula is C15H27N3O4. The van der Waals surface area contributed by atoms with Crippen LogP contribution in [-0.4, -0.2) is 66.5 Å². The van der Waals surface area contributed by atoms with E-state index in [9.17, 15) is 14.4 Å². The lowest BCUT2D eigenvalue weighted by Gasteiger charge is -2.35. The van der Waals surface area contributed by atoms with Gasteiger partial charge in [-0.1, -0.05) is 20.8 Å². The van der Waals surface area contributed by atoms with Crippen molar-refractivity contribution in [2.75, 3.05) is 32.8 Å². The van der Waals surface area contributed by atoms with Crippen molar-refractivity contribution >= 4 is 17.9 Å². The summed E-state index contributed by atoms with van der Waals surface area (Å²) < 4.78 is 4.94. The zero-order valence-corrected chi connectivity index (χ0v) is 14.1. The first kappa shape index (κ1) is 18.3. The van der Waals surface area contributed by atoms with E-state index in [0.717, 1.165) is 0 Å². The molecule has 1 saturated heterocycles. The van der Waals surface area contributed by atoms with Crippen LogP contribution in [0.15, 0.2) is 0 Å². The van der Waals surface area contributed by atoms with E-state index in [2.05, 4.69) is 5.32 Å². The number of amides is 3. The van der Waals surface area contributed by atoms with Gasteiger partial charge in [-0.3, -0.25) is 9.59 Å². The monoisotopic (exact) mass is 313 g/mol. The van der Waals surface area contributed by atoms with Gasteiger partial charge in [-0.25, -0.2) is 4.79 Å². The number of rotatable bonds is 3. The van der Waals surface area contributed by atoms with Gasteiger partial charge < -0.3 is 19.9 Å². The van der Waals surface area contributed by atoms with E-state index in [1.165, 1.54) is 0 Å². The normalized spacial score (nSPS) is 17.0. The van der Waals surface area contributed by atoms with Crippen LogP contribution in [0, 0.1) is 5.41 Å². The van der Waals surface area contributed by atoms with Crippen molar-refractivity contribution in [2.24, 2.45) is 5.41 Å². The van der Waals surface area contributed by atoms with Gasteiger partial charge in [-0.2, -0.15) is 0 Å². The molecule has 3 amide bonds. The zero-order chi connectivity index (χ0) is 16.9. The lowest BCUT2D eigenvalue weighted by Crippen LogP contribution is -2.56. The molecular weight excluding hydrogens is 286 g/mol. The van der Waals surface area contributed by atoms with Gasteiger partial charge in [0, 0.05) is 31.6 Å². The predicted molar refractivity (Wildman–Crippen MR) is 82.2 cm³/mol. The first-order valence-electron chi connectivity index (χ1n) is 7.68. The molecule has 1 atom stereocenters. The predicted octanol–water partition coefficient (Wildman–Crippen LogP) is 0.838. The van der Waals surface area contributed by atoms with Gasteiger partial charge >= 0.3 is 6.09 Å². The van der Waals surface area contributed by atoms with Crippen LogP contribution in [0.25, 0.3) is 0 Å².